The number of hydrogen-bond donors (Lipinski definition) is 1. The van der Waals surface area contributed by atoms with Gasteiger partial charge in [-0.1, -0.05) is 60.2 Å². The second kappa shape index (κ2) is 10.9. The maximum Gasteiger partial charge on any atom is 0.225 e. The molecule has 0 radical (unpaired) electrons. The van der Waals surface area contributed by atoms with E-state index in [9.17, 15) is 4.79 Å². The monoisotopic (exact) mass is 391 g/mol. The molecule has 0 bridgehead atoms. The lowest BCUT2D eigenvalue weighted by Gasteiger charge is -2.21. The molecule has 4 heteroatoms. The third-order valence-corrected chi connectivity index (χ3v) is 5.47. The zero-order chi connectivity index (χ0) is 20.5. The summed E-state index contributed by atoms with van der Waals surface area (Å²) in [4.78, 5) is 17.3. The zero-order valence-corrected chi connectivity index (χ0v) is 17.7. The highest BCUT2D eigenvalue weighted by molar-refractivity contribution is 5.91. The standard InChI is InChI=1S/C25H33N3O/c1-21-11-12-24(22(2)20-21)26-25(29)13-17-28-16-7-15-27(18-19-28)14-6-10-23-8-4-3-5-9-23/h3-6,8-12,20H,7,13-19H2,1-2H3,(H,26,29)/b10-6+. The van der Waals surface area contributed by atoms with Gasteiger partial charge in [-0.3, -0.25) is 9.69 Å². The van der Waals surface area contributed by atoms with Gasteiger partial charge in [0.2, 0.25) is 5.91 Å². The predicted molar refractivity (Wildman–Crippen MR) is 122 cm³/mol. The molecular weight excluding hydrogens is 358 g/mol. The Bertz CT molecular complexity index is 816. The molecule has 0 atom stereocenters. The lowest BCUT2D eigenvalue weighted by atomic mass is 10.1. The summed E-state index contributed by atoms with van der Waals surface area (Å²) in [5, 5.41) is 3.06. The van der Waals surface area contributed by atoms with E-state index in [0.29, 0.717) is 6.42 Å². The fourth-order valence-corrected chi connectivity index (χ4v) is 3.76. The number of benzene rings is 2. The molecule has 1 aliphatic heterocycles. The molecule has 4 nitrogen and oxygen atoms in total. The number of amides is 1. The Morgan fingerprint density at radius 2 is 1.76 bits per heavy atom. The van der Waals surface area contributed by atoms with E-state index in [2.05, 4.69) is 64.5 Å². The lowest BCUT2D eigenvalue weighted by Crippen LogP contribution is -2.32. The van der Waals surface area contributed by atoms with Gasteiger partial charge in [-0.05, 0) is 50.6 Å². The van der Waals surface area contributed by atoms with Crippen molar-refractivity contribution in [3.05, 3.63) is 71.3 Å². The van der Waals surface area contributed by atoms with Gasteiger partial charge < -0.3 is 10.2 Å². The van der Waals surface area contributed by atoms with Gasteiger partial charge in [0.15, 0.2) is 0 Å². The van der Waals surface area contributed by atoms with Gasteiger partial charge in [-0.2, -0.15) is 0 Å². The average molecular weight is 392 g/mol. The molecule has 1 saturated heterocycles. The first-order chi connectivity index (χ1) is 14.1. The second-order valence-corrected chi connectivity index (χ2v) is 7.93. The van der Waals surface area contributed by atoms with Crippen LogP contribution in [0.25, 0.3) is 6.08 Å². The van der Waals surface area contributed by atoms with Gasteiger partial charge in [0.1, 0.15) is 0 Å². The van der Waals surface area contributed by atoms with Gasteiger partial charge in [0.05, 0.1) is 0 Å². The number of aryl methyl sites for hydroxylation is 2. The third kappa shape index (κ3) is 7.15. The van der Waals surface area contributed by atoms with Crippen molar-refractivity contribution < 1.29 is 4.79 Å². The SMILES string of the molecule is Cc1ccc(NC(=O)CCN2CCCN(C/C=C/c3ccccc3)CC2)c(C)c1. The highest BCUT2D eigenvalue weighted by Gasteiger charge is 2.15. The number of carbonyl (C=O) groups is 1. The molecule has 29 heavy (non-hydrogen) atoms. The van der Waals surface area contributed by atoms with Crippen molar-refractivity contribution in [3.8, 4) is 0 Å². The van der Waals surface area contributed by atoms with Crippen LogP contribution in [0.3, 0.4) is 0 Å². The van der Waals surface area contributed by atoms with Crippen LogP contribution in [-0.2, 0) is 4.79 Å². The largest absolute Gasteiger partial charge is 0.326 e. The molecule has 2 aromatic carbocycles. The van der Waals surface area contributed by atoms with E-state index in [4.69, 9.17) is 0 Å². The molecule has 3 rings (SSSR count). The van der Waals surface area contributed by atoms with E-state index in [1.807, 2.05) is 25.1 Å². The highest BCUT2D eigenvalue weighted by atomic mass is 16.1. The van der Waals surface area contributed by atoms with Crippen LogP contribution in [0.5, 0.6) is 0 Å². The summed E-state index contributed by atoms with van der Waals surface area (Å²) in [6.07, 6.45) is 6.14. The summed E-state index contributed by atoms with van der Waals surface area (Å²) >= 11 is 0. The zero-order valence-electron chi connectivity index (χ0n) is 17.7. The van der Waals surface area contributed by atoms with Gasteiger partial charge in [0.25, 0.3) is 0 Å². The lowest BCUT2D eigenvalue weighted by molar-refractivity contribution is -0.116. The van der Waals surface area contributed by atoms with Crippen molar-refractivity contribution in [1.29, 1.82) is 0 Å². The van der Waals surface area contributed by atoms with E-state index >= 15 is 0 Å². The summed E-state index contributed by atoms with van der Waals surface area (Å²) in [7, 11) is 0. The minimum absolute atomic E-state index is 0.101. The Morgan fingerprint density at radius 1 is 1.00 bits per heavy atom. The van der Waals surface area contributed by atoms with Crippen LogP contribution in [0, 0.1) is 13.8 Å². The Hall–Kier alpha value is -2.43. The summed E-state index contributed by atoms with van der Waals surface area (Å²) < 4.78 is 0. The number of hydrogen-bond acceptors (Lipinski definition) is 3. The molecule has 0 aromatic heterocycles. The number of carbonyl (C=O) groups excluding carboxylic acids is 1. The minimum Gasteiger partial charge on any atom is -0.326 e. The van der Waals surface area contributed by atoms with Crippen molar-refractivity contribution in [2.75, 3.05) is 44.6 Å². The van der Waals surface area contributed by atoms with E-state index < -0.39 is 0 Å². The summed E-state index contributed by atoms with van der Waals surface area (Å²) in [5.41, 5.74) is 4.51. The Labute approximate surface area is 175 Å². The minimum atomic E-state index is 0.101. The normalized spacial score (nSPS) is 16.1. The van der Waals surface area contributed by atoms with Crippen LogP contribution in [0.1, 0.15) is 29.5 Å². The van der Waals surface area contributed by atoms with Gasteiger partial charge in [-0.15, -0.1) is 0 Å². The topological polar surface area (TPSA) is 35.6 Å². The molecular formula is C25H33N3O. The van der Waals surface area contributed by atoms with Gasteiger partial charge in [-0.25, -0.2) is 0 Å². The van der Waals surface area contributed by atoms with Gasteiger partial charge in [0, 0.05) is 38.3 Å². The van der Waals surface area contributed by atoms with Crippen molar-refractivity contribution >= 4 is 17.7 Å². The van der Waals surface area contributed by atoms with E-state index in [1.54, 1.807) is 0 Å². The summed E-state index contributed by atoms with van der Waals surface area (Å²) in [5.74, 6) is 0.101. The quantitative estimate of drug-likeness (QED) is 0.762. The molecule has 1 amide bonds. The van der Waals surface area contributed by atoms with Crippen LogP contribution < -0.4 is 5.32 Å². The number of anilines is 1. The van der Waals surface area contributed by atoms with E-state index in [0.717, 1.165) is 56.9 Å². The maximum atomic E-state index is 12.4. The molecule has 154 valence electrons. The fraction of sp³-hybridized carbons (Fsp3) is 0.400. The van der Waals surface area contributed by atoms with Gasteiger partial charge >= 0.3 is 0 Å². The predicted octanol–water partition coefficient (Wildman–Crippen LogP) is 4.35. The molecule has 0 spiro atoms. The van der Waals surface area contributed by atoms with Crippen LogP contribution in [-0.4, -0.2) is 55.0 Å². The highest BCUT2D eigenvalue weighted by Crippen LogP contribution is 2.16. The molecule has 0 saturated carbocycles. The first-order valence-corrected chi connectivity index (χ1v) is 10.6. The summed E-state index contributed by atoms with van der Waals surface area (Å²) in [6, 6.07) is 16.6. The van der Waals surface area contributed by atoms with Crippen molar-refractivity contribution in [2.45, 2.75) is 26.7 Å². The maximum absolute atomic E-state index is 12.4. The molecule has 1 aliphatic rings. The first kappa shape index (κ1) is 21.3. The van der Waals surface area contributed by atoms with Crippen molar-refractivity contribution in [2.24, 2.45) is 0 Å². The second-order valence-electron chi connectivity index (χ2n) is 7.93. The number of nitrogens with one attached hydrogen (secondary N) is 1. The van der Waals surface area contributed by atoms with Crippen LogP contribution in [0.15, 0.2) is 54.6 Å². The summed E-state index contributed by atoms with van der Waals surface area (Å²) in [6.45, 7) is 10.2. The molecule has 1 N–H and O–H groups in total. The Balaban J connectivity index is 1.39. The molecule has 1 heterocycles. The first-order valence-electron chi connectivity index (χ1n) is 10.6. The average Bonchev–Trinajstić information content (AvgIpc) is 2.95. The van der Waals surface area contributed by atoms with Crippen molar-refractivity contribution in [1.82, 2.24) is 9.80 Å². The molecule has 2 aromatic rings. The fourth-order valence-electron chi connectivity index (χ4n) is 3.76. The van der Waals surface area contributed by atoms with Crippen LogP contribution in [0.4, 0.5) is 5.69 Å². The Kier molecular flexibility index (Phi) is 8.03. The van der Waals surface area contributed by atoms with Crippen molar-refractivity contribution in [3.63, 3.8) is 0 Å². The van der Waals surface area contributed by atoms with Crippen LogP contribution in [0.2, 0.25) is 0 Å². The Morgan fingerprint density at radius 3 is 2.55 bits per heavy atom. The molecule has 0 aliphatic carbocycles. The molecule has 1 fully saturated rings. The molecule has 0 unspecified atom stereocenters. The third-order valence-electron chi connectivity index (χ3n) is 5.47. The van der Waals surface area contributed by atoms with Crippen LogP contribution >= 0.6 is 0 Å². The number of rotatable bonds is 7. The van der Waals surface area contributed by atoms with E-state index in [1.165, 1.54) is 11.1 Å². The van der Waals surface area contributed by atoms with E-state index in [-0.39, 0.29) is 5.91 Å². The number of nitrogens with zero attached hydrogens (tertiary/aromatic N) is 2. The smallest absolute Gasteiger partial charge is 0.225 e.